The van der Waals surface area contributed by atoms with Gasteiger partial charge in [0.1, 0.15) is 5.82 Å². The maximum absolute atomic E-state index is 13.5. The fourth-order valence-corrected chi connectivity index (χ4v) is 2.51. The van der Waals surface area contributed by atoms with Crippen LogP contribution >= 0.6 is 11.8 Å². The lowest BCUT2D eigenvalue weighted by Crippen LogP contribution is -2.31. The van der Waals surface area contributed by atoms with Crippen molar-refractivity contribution in [2.24, 2.45) is 0 Å². The highest BCUT2D eigenvalue weighted by Crippen LogP contribution is 2.22. The molecule has 98 valence electrons. The molecule has 0 saturated heterocycles. The molecule has 3 heteroatoms. The second-order valence-corrected chi connectivity index (χ2v) is 5.09. The Balaban J connectivity index is 2.49. The average molecular weight is 265 g/mol. The summed E-state index contributed by atoms with van der Waals surface area (Å²) in [5.74, 6) is 6.70. The van der Waals surface area contributed by atoms with E-state index in [1.807, 2.05) is 19.1 Å². The van der Waals surface area contributed by atoms with E-state index in [1.165, 1.54) is 6.07 Å². The number of thioether (sulfide) groups is 1. The van der Waals surface area contributed by atoms with Gasteiger partial charge in [-0.1, -0.05) is 19.1 Å². The minimum absolute atomic E-state index is 0.140. The number of rotatable bonds is 7. The van der Waals surface area contributed by atoms with Gasteiger partial charge in [-0.15, -0.1) is 23.6 Å². The third-order valence-electron chi connectivity index (χ3n) is 2.48. The molecule has 18 heavy (non-hydrogen) atoms. The van der Waals surface area contributed by atoms with Crippen LogP contribution < -0.4 is 5.32 Å². The van der Waals surface area contributed by atoms with Crippen LogP contribution in [0.4, 0.5) is 4.39 Å². The zero-order valence-corrected chi connectivity index (χ0v) is 11.8. The Morgan fingerprint density at radius 2 is 2.17 bits per heavy atom. The molecule has 1 rings (SSSR count). The molecule has 1 aromatic rings. The molecule has 0 fully saturated rings. The Labute approximate surface area is 114 Å². The molecule has 0 aliphatic rings. The molecule has 0 aliphatic carbocycles. The summed E-state index contributed by atoms with van der Waals surface area (Å²) in [6.45, 7) is 4.97. The summed E-state index contributed by atoms with van der Waals surface area (Å²) in [5, 5.41) is 3.45. The molecule has 0 amide bonds. The molecule has 0 bridgehead atoms. The van der Waals surface area contributed by atoms with Crippen LogP contribution in [0.25, 0.3) is 0 Å². The van der Waals surface area contributed by atoms with Crippen LogP contribution in [0.5, 0.6) is 0 Å². The normalized spacial score (nSPS) is 11.7. The van der Waals surface area contributed by atoms with E-state index in [1.54, 1.807) is 17.8 Å². The van der Waals surface area contributed by atoms with Crippen molar-refractivity contribution in [3.63, 3.8) is 0 Å². The highest BCUT2D eigenvalue weighted by molar-refractivity contribution is 7.99. The molecule has 1 N–H and O–H groups in total. The van der Waals surface area contributed by atoms with Crippen LogP contribution in [0.1, 0.15) is 26.7 Å². The molecule has 1 atom stereocenters. The van der Waals surface area contributed by atoms with E-state index < -0.39 is 0 Å². The second kappa shape index (κ2) is 9.02. The van der Waals surface area contributed by atoms with Crippen LogP contribution in [0.3, 0.4) is 0 Å². The van der Waals surface area contributed by atoms with Gasteiger partial charge in [-0.25, -0.2) is 4.39 Å². The minimum Gasteiger partial charge on any atom is -0.312 e. The lowest BCUT2D eigenvalue weighted by molar-refractivity contribution is 0.562. The van der Waals surface area contributed by atoms with Crippen molar-refractivity contribution in [3.05, 3.63) is 30.1 Å². The van der Waals surface area contributed by atoms with E-state index in [0.717, 1.165) is 25.1 Å². The van der Waals surface area contributed by atoms with Crippen LogP contribution in [0.15, 0.2) is 29.2 Å². The van der Waals surface area contributed by atoms with Gasteiger partial charge in [-0.3, -0.25) is 0 Å². The summed E-state index contributed by atoms with van der Waals surface area (Å²) in [5.41, 5.74) is 0. The van der Waals surface area contributed by atoms with Crippen LogP contribution in [-0.2, 0) is 0 Å². The number of halogens is 1. The smallest absolute Gasteiger partial charge is 0.136 e. The van der Waals surface area contributed by atoms with Gasteiger partial charge >= 0.3 is 0 Å². The first-order chi connectivity index (χ1) is 8.77. The van der Waals surface area contributed by atoms with Gasteiger partial charge in [0.05, 0.1) is 0 Å². The van der Waals surface area contributed by atoms with Crippen molar-refractivity contribution in [3.8, 4) is 11.8 Å². The van der Waals surface area contributed by atoms with Crippen molar-refractivity contribution in [1.29, 1.82) is 0 Å². The first kappa shape index (κ1) is 15.1. The highest BCUT2D eigenvalue weighted by atomic mass is 32.2. The van der Waals surface area contributed by atoms with E-state index in [4.69, 9.17) is 0 Å². The molecular weight excluding hydrogens is 245 g/mol. The Bertz CT molecular complexity index is 408. The monoisotopic (exact) mass is 265 g/mol. The van der Waals surface area contributed by atoms with E-state index >= 15 is 0 Å². The fourth-order valence-electron chi connectivity index (χ4n) is 1.52. The molecule has 0 radical (unpaired) electrons. The molecular formula is C15H20FNS. The van der Waals surface area contributed by atoms with Crippen molar-refractivity contribution < 1.29 is 4.39 Å². The molecule has 0 spiro atoms. The minimum atomic E-state index is -0.140. The molecule has 1 aromatic carbocycles. The van der Waals surface area contributed by atoms with Gasteiger partial charge in [0.2, 0.25) is 0 Å². The third-order valence-corrected chi connectivity index (χ3v) is 3.70. The zero-order valence-electron chi connectivity index (χ0n) is 11.0. The zero-order chi connectivity index (χ0) is 13.2. The summed E-state index contributed by atoms with van der Waals surface area (Å²) < 4.78 is 13.5. The van der Waals surface area contributed by atoms with E-state index in [9.17, 15) is 4.39 Å². The number of hydrogen-bond donors (Lipinski definition) is 1. The Kier molecular flexibility index (Phi) is 7.55. The molecule has 0 aromatic heterocycles. The second-order valence-electron chi connectivity index (χ2n) is 4.02. The van der Waals surface area contributed by atoms with Crippen LogP contribution in [0, 0.1) is 17.7 Å². The highest BCUT2D eigenvalue weighted by Gasteiger charge is 2.08. The number of nitrogens with one attached hydrogen (secondary N) is 1. The van der Waals surface area contributed by atoms with Gasteiger partial charge in [0.25, 0.3) is 0 Å². The molecule has 0 heterocycles. The summed E-state index contributed by atoms with van der Waals surface area (Å²) >= 11 is 1.55. The van der Waals surface area contributed by atoms with Gasteiger partial charge < -0.3 is 5.32 Å². The predicted molar refractivity (Wildman–Crippen MR) is 77.3 cm³/mol. The van der Waals surface area contributed by atoms with Crippen molar-refractivity contribution >= 4 is 11.8 Å². The number of benzene rings is 1. The maximum atomic E-state index is 13.5. The SMILES string of the molecule is CC#CCC(CSc1ccccc1F)NCCC. The van der Waals surface area contributed by atoms with Gasteiger partial charge in [-0.05, 0) is 32.0 Å². The maximum Gasteiger partial charge on any atom is 0.136 e. The first-order valence-electron chi connectivity index (χ1n) is 6.28. The van der Waals surface area contributed by atoms with Crippen LogP contribution in [0.2, 0.25) is 0 Å². The van der Waals surface area contributed by atoms with Gasteiger partial charge in [0, 0.05) is 23.1 Å². The first-order valence-corrected chi connectivity index (χ1v) is 7.26. The van der Waals surface area contributed by atoms with E-state index in [0.29, 0.717) is 10.9 Å². The van der Waals surface area contributed by atoms with E-state index in [-0.39, 0.29) is 5.82 Å². The Hall–Kier alpha value is -0.980. The van der Waals surface area contributed by atoms with E-state index in [2.05, 4.69) is 24.1 Å². The third kappa shape index (κ3) is 5.57. The van der Waals surface area contributed by atoms with Gasteiger partial charge in [0.15, 0.2) is 0 Å². The number of hydrogen-bond acceptors (Lipinski definition) is 2. The molecule has 1 unspecified atom stereocenters. The Morgan fingerprint density at radius 1 is 1.39 bits per heavy atom. The molecule has 0 aliphatic heterocycles. The van der Waals surface area contributed by atoms with Crippen molar-refractivity contribution in [2.75, 3.05) is 12.3 Å². The standard InChI is InChI=1S/C15H20FNS/c1-3-5-8-13(17-11-4-2)12-18-15-10-7-6-9-14(15)16/h6-7,9-10,13,17H,4,8,11-12H2,1-2H3. The van der Waals surface area contributed by atoms with Crippen LogP contribution in [-0.4, -0.2) is 18.3 Å². The van der Waals surface area contributed by atoms with Crippen molar-refractivity contribution in [2.45, 2.75) is 37.6 Å². The lowest BCUT2D eigenvalue weighted by atomic mass is 10.2. The topological polar surface area (TPSA) is 12.0 Å². The Morgan fingerprint density at radius 3 is 2.83 bits per heavy atom. The van der Waals surface area contributed by atoms with Gasteiger partial charge in [-0.2, -0.15) is 0 Å². The lowest BCUT2D eigenvalue weighted by Gasteiger charge is -2.15. The summed E-state index contributed by atoms with van der Waals surface area (Å²) in [6, 6.07) is 7.23. The quantitative estimate of drug-likeness (QED) is 0.596. The summed E-state index contributed by atoms with van der Waals surface area (Å²) in [7, 11) is 0. The predicted octanol–water partition coefficient (Wildman–Crippen LogP) is 3.70. The largest absolute Gasteiger partial charge is 0.312 e. The average Bonchev–Trinajstić information content (AvgIpc) is 2.39. The molecule has 0 saturated carbocycles. The summed E-state index contributed by atoms with van der Waals surface area (Å²) in [4.78, 5) is 0.713. The summed E-state index contributed by atoms with van der Waals surface area (Å²) in [6.07, 6.45) is 1.92. The molecule has 1 nitrogen and oxygen atoms in total. The van der Waals surface area contributed by atoms with Crippen molar-refractivity contribution in [1.82, 2.24) is 5.32 Å². The fraction of sp³-hybridized carbons (Fsp3) is 0.467.